The van der Waals surface area contributed by atoms with Gasteiger partial charge in [0.05, 0.1) is 23.3 Å². The van der Waals surface area contributed by atoms with Gasteiger partial charge in [-0.1, -0.05) is 31.1 Å². The molecule has 5 nitrogen and oxygen atoms in total. The predicted octanol–water partition coefficient (Wildman–Crippen LogP) is 2.72. The molecule has 5 rings (SSSR count). The number of thiophene rings is 1. The van der Waals surface area contributed by atoms with Gasteiger partial charge in [0.15, 0.2) is 0 Å². The molecule has 1 saturated carbocycles. The Kier molecular flexibility index (Phi) is 4.00. The molecule has 3 fully saturated rings. The first kappa shape index (κ1) is 17.2. The van der Waals surface area contributed by atoms with E-state index in [0.29, 0.717) is 25.9 Å². The molecule has 27 heavy (non-hydrogen) atoms. The molecule has 2 aliphatic heterocycles. The van der Waals surface area contributed by atoms with Gasteiger partial charge >= 0.3 is 0 Å². The van der Waals surface area contributed by atoms with Crippen molar-refractivity contribution in [2.45, 2.75) is 50.0 Å². The molecule has 0 radical (unpaired) electrons. The number of hydrogen-bond acceptors (Lipinski definition) is 4. The molecule has 0 bridgehead atoms. The van der Waals surface area contributed by atoms with Crippen LogP contribution in [0, 0.1) is 11.8 Å². The minimum Gasteiger partial charge on any atom is -0.338 e. The first-order valence-electron chi connectivity index (χ1n) is 9.97. The van der Waals surface area contributed by atoms with Crippen molar-refractivity contribution in [1.82, 2.24) is 9.80 Å². The van der Waals surface area contributed by atoms with E-state index < -0.39 is 0 Å². The Morgan fingerprint density at radius 2 is 1.67 bits per heavy atom. The van der Waals surface area contributed by atoms with Crippen LogP contribution in [0.5, 0.6) is 0 Å². The summed E-state index contributed by atoms with van der Waals surface area (Å²) < 4.78 is 0. The smallest absolute Gasteiger partial charge is 0.234 e. The van der Waals surface area contributed by atoms with Gasteiger partial charge in [-0.2, -0.15) is 0 Å². The fourth-order valence-electron chi connectivity index (χ4n) is 5.37. The molecule has 0 unspecified atom stereocenters. The van der Waals surface area contributed by atoms with E-state index in [0.717, 1.165) is 25.7 Å². The molecular formula is C21H24N2O3S. The molecule has 4 aliphatic rings. The number of carbonyl (C=O) groups excluding carboxylic acids is 3. The first-order valence-corrected chi connectivity index (χ1v) is 10.8. The highest BCUT2D eigenvalue weighted by atomic mass is 32.1. The van der Waals surface area contributed by atoms with Crippen molar-refractivity contribution in [1.29, 1.82) is 0 Å². The lowest BCUT2D eigenvalue weighted by atomic mass is 9.81. The highest BCUT2D eigenvalue weighted by molar-refractivity contribution is 7.10. The monoisotopic (exact) mass is 384 g/mol. The molecule has 1 aromatic rings. The van der Waals surface area contributed by atoms with Crippen LogP contribution in [0.25, 0.3) is 0 Å². The van der Waals surface area contributed by atoms with E-state index in [9.17, 15) is 14.4 Å². The molecule has 2 saturated heterocycles. The van der Waals surface area contributed by atoms with Crippen LogP contribution >= 0.6 is 11.3 Å². The zero-order valence-corrected chi connectivity index (χ0v) is 16.1. The molecule has 0 aromatic carbocycles. The van der Waals surface area contributed by atoms with Gasteiger partial charge in [0.2, 0.25) is 17.7 Å². The lowest BCUT2D eigenvalue weighted by Crippen LogP contribution is -2.65. The number of amides is 3. The summed E-state index contributed by atoms with van der Waals surface area (Å²) in [6.45, 7) is 0.993. The largest absolute Gasteiger partial charge is 0.338 e. The topological polar surface area (TPSA) is 57.7 Å². The molecule has 0 spiro atoms. The SMILES string of the molecule is O=C1[C@H]2CC=CC[C@H]2C(=O)N1C1CN(C(=O)C2(c3cccs3)CCCC2)C1. The Balaban J connectivity index is 1.30. The molecule has 2 aliphatic carbocycles. The molecule has 0 N–H and O–H groups in total. The van der Waals surface area contributed by atoms with Crippen molar-refractivity contribution in [3.8, 4) is 0 Å². The van der Waals surface area contributed by atoms with Crippen molar-refractivity contribution in [3.05, 3.63) is 34.5 Å². The second-order valence-electron chi connectivity index (χ2n) is 8.33. The number of nitrogens with zero attached hydrogens (tertiary/aromatic N) is 2. The van der Waals surface area contributed by atoms with Crippen molar-refractivity contribution in [2.75, 3.05) is 13.1 Å². The van der Waals surface area contributed by atoms with Gasteiger partial charge in [0, 0.05) is 18.0 Å². The summed E-state index contributed by atoms with van der Waals surface area (Å²) in [5.41, 5.74) is -0.379. The molecular weight excluding hydrogens is 360 g/mol. The molecule has 3 heterocycles. The second-order valence-corrected chi connectivity index (χ2v) is 9.28. The standard InChI is InChI=1S/C21H24N2O3S/c24-18-15-6-1-2-7-16(15)19(25)23(18)14-12-22(13-14)20(26)21(9-3-4-10-21)17-8-5-11-27-17/h1-2,5,8,11,14-16H,3-4,6-7,9-10,12-13H2/t15-,16+. The third kappa shape index (κ3) is 2.45. The minimum absolute atomic E-state index is 0.0275. The van der Waals surface area contributed by atoms with E-state index in [1.807, 2.05) is 28.5 Å². The number of allylic oxidation sites excluding steroid dienone is 2. The van der Waals surface area contributed by atoms with Crippen LogP contribution < -0.4 is 0 Å². The van der Waals surface area contributed by atoms with E-state index in [1.165, 1.54) is 9.78 Å². The van der Waals surface area contributed by atoms with Crippen LogP contribution in [-0.2, 0) is 19.8 Å². The zero-order valence-electron chi connectivity index (χ0n) is 15.3. The highest BCUT2D eigenvalue weighted by Crippen LogP contribution is 2.46. The lowest BCUT2D eigenvalue weighted by molar-refractivity contribution is -0.155. The number of hydrogen-bond donors (Lipinski definition) is 0. The van der Waals surface area contributed by atoms with Crippen LogP contribution in [-0.4, -0.2) is 46.7 Å². The van der Waals surface area contributed by atoms with Gasteiger partial charge in [0.1, 0.15) is 0 Å². The van der Waals surface area contributed by atoms with E-state index >= 15 is 0 Å². The summed E-state index contributed by atoms with van der Waals surface area (Å²) in [6.07, 6.45) is 9.34. The fraction of sp³-hybridized carbons (Fsp3) is 0.571. The number of imide groups is 1. The minimum atomic E-state index is -0.379. The maximum atomic E-state index is 13.4. The van der Waals surface area contributed by atoms with Gasteiger partial charge in [-0.3, -0.25) is 19.3 Å². The summed E-state index contributed by atoms with van der Waals surface area (Å²) in [6, 6.07) is 3.96. The second kappa shape index (κ2) is 6.30. The van der Waals surface area contributed by atoms with Crippen LogP contribution in [0.2, 0.25) is 0 Å². The van der Waals surface area contributed by atoms with Gasteiger partial charge in [-0.25, -0.2) is 0 Å². The van der Waals surface area contributed by atoms with E-state index in [-0.39, 0.29) is 41.0 Å². The Hall–Kier alpha value is -1.95. The van der Waals surface area contributed by atoms with E-state index in [1.54, 1.807) is 11.3 Å². The summed E-state index contributed by atoms with van der Waals surface area (Å²) in [5, 5.41) is 2.04. The average molecular weight is 385 g/mol. The summed E-state index contributed by atoms with van der Waals surface area (Å²) >= 11 is 1.67. The van der Waals surface area contributed by atoms with Crippen LogP contribution in [0.1, 0.15) is 43.4 Å². The first-order chi connectivity index (χ1) is 13.1. The van der Waals surface area contributed by atoms with Crippen molar-refractivity contribution >= 4 is 29.1 Å². The Labute approximate surface area is 163 Å². The number of fused-ring (bicyclic) bond motifs is 1. The molecule has 6 heteroatoms. The number of likely N-dealkylation sites (tertiary alicyclic amines) is 2. The third-order valence-electron chi connectivity index (χ3n) is 6.92. The quantitative estimate of drug-likeness (QED) is 0.595. The summed E-state index contributed by atoms with van der Waals surface area (Å²) in [7, 11) is 0. The summed E-state index contributed by atoms with van der Waals surface area (Å²) in [5.74, 6) is -0.225. The maximum absolute atomic E-state index is 13.4. The van der Waals surface area contributed by atoms with Gasteiger partial charge < -0.3 is 4.90 Å². The van der Waals surface area contributed by atoms with Crippen molar-refractivity contribution in [2.24, 2.45) is 11.8 Å². The van der Waals surface area contributed by atoms with Gasteiger partial charge in [-0.15, -0.1) is 11.3 Å². The maximum Gasteiger partial charge on any atom is 0.234 e. The zero-order chi connectivity index (χ0) is 18.6. The molecule has 142 valence electrons. The molecule has 1 aromatic heterocycles. The third-order valence-corrected chi connectivity index (χ3v) is 7.99. The van der Waals surface area contributed by atoms with E-state index in [4.69, 9.17) is 0 Å². The highest BCUT2D eigenvalue weighted by Gasteiger charge is 2.54. The average Bonchev–Trinajstić information content (AvgIpc) is 3.38. The number of carbonyl (C=O) groups is 3. The van der Waals surface area contributed by atoms with Crippen LogP contribution in [0.15, 0.2) is 29.7 Å². The summed E-state index contributed by atoms with van der Waals surface area (Å²) in [4.78, 5) is 43.4. The van der Waals surface area contributed by atoms with Gasteiger partial charge in [-0.05, 0) is 37.1 Å². The molecule has 2 atom stereocenters. The Bertz CT molecular complexity index is 777. The van der Waals surface area contributed by atoms with Crippen LogP contribution in [0.4, 0.5) is 0 Å². The predicted molar refractivity (Wildman–Crippen MR) is 102 cm³/mol. The van der Waals surface area contributed by atoms with E-state index in [2.05, 4.69) is 6.07 Å². The van der Waals surface area contributed by atoms with Crippen molar-refractivity contribution in [3.63, 3.8) is 0 Å². The Morgan fingerprint density at radius 1 is 1.04 bits per heavy atom. The lowest BCUT2D eigenvalue weighted by Gasteiger charge is -2.46. The van der Waals surface area contributed by atoms with Crippen LogP contribution in [0.3, 0.4) is 0 Å². The fourth-order valence-corrected chi connectivity index (χ4v) is 6.35. The number of rotatable bonds is 3. The Morgan fingerprint density at radius 3 is 2.22 bits per heavy atom. The van der Waals surface area contributed by atoms with Crippen molar-refractivity contribution < 1.29 is 14.4 Å². The molecule has 3 amide bonds. The normalized spacial score (nSPS) is 29.9. The van der Waals surface area contributed by atoms with Gasteiger partial charge in [0.25, 0.3) is 0 Å².